The summed E-state index contributed by atoms with van der Waals surface area (Å²) in [6, 6.07) is 30.3. The molecule has 5 heteroatoms. The molecule has 0 saturated carbocycles. The number of amides is 1. The zero-order valence-corrected chi connectivity index (χ0v) is 19.6. The fourth-order valence-corrected chi connectivity index (χ4v) is 5.11. The van der Waals surface area contributed by atoms with Crippen LogP contribution in [-0.4, -0.2) is 20.7 Å². The second-order valence-corrected chi connectivity index (χ2v) is 9.07. The van der Waals surface area contributed by atoms with E-state index in [1.165, 1.54) is 11.1 Å². The van der Waals surface area contributed by atoms with Crippen molar-refractivity contribution in [2.75, 3.05) is 0 Å². The van der Waals surface area contributed by atoms with Gasteiger partial charge in [0.2, 0.25) is 0 Å². The van der Waals surface area contributed by atoms with Gasteiger partial charge in [-0.05, 0) is 55.5 Å². The second kappa shape index (κ2) is 8.84. The molecular weight excluding hydrogens is 432 g/mol. The van der Waals surface area contributed by atoms with Crippen LogP contribution in [0, 0.1) is 6.92 Å². The van der Waals surface area contributed by atoms with E-state index in [1.807, 2.05) is 78.3 Å². The van der Waals surface area contributed by atoms with Crippen LogP contribution in [0.5, 0.6) is 0 Å². The quantitative estimate of drug-likeness (QED) is 0.349. The number of rotatable bonds is 4. The number of hydrogen-bond donors (Lipinski definition) is 1. The van der Waals surface area contributed by atoms with Gasteiger partial charge in [0.05, 0.1) is 34.1 Å². The molecule has 1 atom stereocenters. The zero-order valence-electron chi connectivity index (χ0n) is 19.6. The third-order valence-electron chi connectivity index (χ3n) is 6.80. The summed E-state index contributed by atoms with van der Waals surface area (Å²) in [4.78, 5) is 18.8. The van der Waals surface area contributed by atoms with Crippen molar-refractivity contribution in [2.45, 2.75) is 32.2 Å². The topological polar surface area (TPSA) is 59.8 Å². The van der Waals surface area contributed by atoms with Gasteiger partial charge in [0.25, 0.3) is 5.91 Å². The van der Waals surface area contributed by atoms with Crippen LogP contribution in [0.4, 0.5) is 0 Å². The molecule has 0 aliphatic heterocycles. The highest BCUT2D eigenvalue weighted by atomic mass is 16.1. The number of nitrogens with zero attached hydrogens (tertiary/aromatic N) is 3. The molecule has 0 unspecified atom stereocenters. The summed E-state index contributed by atoms with van der Waals surface area (Å²) in [6.45, 7) is 1.94. The van der Waals surface area contributed by atoms with Crippen LogP contribution in [0.15, 0.2) is 91.0 Å². The maximum Gasteiger partial charge on any atom is 0.252 e. The molecule has 2 aromatic heterocycles. The number of benzene rings is 3. The highest BCUT2D eigenvalue weighted by Gasteiger charge is 2.25. The minimum absolute atomic E-state index is 0.000292. The first-order chi connectivity index (χ1) is 17.2. The van der Waals surface area contributed by atoms with Gasteiger partial charge in [-0.1, -0.05) is 72.8 Å². The van der Waals surface area contributed by atoms with Gasteiger partial charge in [0.1, 0.15) is 0 Å². The number of aryl methyl sites for hydroxylation is 2. The monoisotopic (exact) mass is 458 g/mol. The molecular formula is C30H26N4O. The van der Waals surface area contributed by atoms with Crippen LogP contribution in [-0.2, 0) is 6.42 Å². The summed E-state index contributed by atoms with van der Waals surface area (Å²) in [5.74, 6) is -0.0907. The average molecular weight is 459 g/mol. The number of carbonyl (C=O) groups excluding carboxylic acids is 1. The molecule has 0 bridgehead atoms. The molecule has 35 heavy (non-hydrogen) atoms. The molecule has 1 N–H and O–H groups in total. The van der Waals surface area contributed by atoms with E-state index in [1.54, 1.807) is 0 Å². The van der Waals surface area contributed by atoms with Crippen molar-refractivity contribution < 1.29 is 4.79 Å². The van der Waals surface area contributed by atoms with Gasteiger partial charge in [-0.2, -0.15) is 5.10 Å². The van der Waals surface area contributed by atoms with Crippen molar-refractivity contribution in [1.29, 1.82) is 0 Å². The Balaban J connectivity index is 1.50. The lowest BCUT2D eigenvalue weighted by molar-refractivity contribution is 0.0934. The normalized spacial score (nSPS) is 15.1. The lowest BCUT2D eigenvalue weighted by Gasteiger charge is -2.26. The van der Waals surface area contributed by atoms with Gasteiger partial charge >= 0.3 is 0 Å². The minimum atomic E-state index is -0.0907. The van der Waals surface area contributed by atoms with Gasteiger partial charge < -0.3 is 5.32 Å². The van der Waals surface area contributed by atoms with E-state index < -0.39 is 0 Å². The van der Waals surface area contributed by atoms with Crippen LogP contribution in [0.2, 0.25) is 0 Å². The lowest BCUT2D eigenvalue weighted by Crippen LogP contribution is -2.31. The first-order valence-corrected chi connectivity index (χ1v) is 12.1. The Labute approximate surface area is 204 Å². The molecule has 0 fully saturated rings. The minimum Gasteiger partial charge on any atom is -0.345 e. The molecule has 2 heterocycles. The molecule has 5 nitrogen and oxygen atoms in total. The zero-order chi connectivity index (χ0) is 23.8. The van der Waals surface area contributed by atoms with Crippen molar-refractivity contribution in [3.8, 4) is 16.9 Å². The molecule has 5 aromatic rings. The number of hydrogen-bond acceptors (Lipinski definition) is 3. The standard InChI is InChI=1S/C30H26N4O/c1-20-28-25(30(35)32-26-18-10-14-21-11-8-9-17-24(21)26)19-27(22-12-4-2-5-13-22)31-29(28)34(33-20)23-15-6-3-7-16-23/h2-9,11-13,15-17,19,26H,10,14,18H2,1H3,(H,32,35)/t26-/m1/s1. The van der Waals surface area contributed by atoms with Crippen molar-refractivity contribution in [3.05, 3.63) is 113 Å². The Kier molecular flexibility index (Phi) is 5.38. The maximum atomic E-state index is 13.8. The smallest absolute Gasteiger partial charge is 0.252 e. The largest absolute Gasteiger partial charge is 0.345 e. The Morgan fingerprint density at radius 1 is 0.943 bits per heavy atom. The summed E-state index contributed by atoms with van der Waals surface area (Å²) in [5, 5.41) is 8.92. The van der Waals surface area contributed by atoms with Crippen LogP contribution in [0.1, 0.15) is 46.1 Å². The van der Waals surface area contributed by atoms with E-state index in [9.17, 15) is 4.79 Å². The molecule has 172 valence electrons. The first kappa shape index (κ1) is 21.3. The predicted molar refractivity (Wildman–Crippen MR) is 139 cm³/mol. The first-order valence-electron chi connectivity index (χ1n) is 12.1. The second-order valence-electron chi connectivity index (χ2n) is 9.07. The highest BCUT2D eigenvalue weighted by molar-refractivity contribution is 6.08. The molecule has 0 spiro atoms. The fourth-order valence-electron chi connectivity index (χ4n) is 5.11. The van der Waals surface area contributed by atoms with Crippen LogP contribution < -0.4 is 5.32 Å². The van der Waals surface area contributed by atoms with Crippen molar-refractivity contribution >= 4 is 16.9 Å². The molecule has 3 aromatic carbocycles. The average Bonchev–Trinajstić information content (AvgIpc) is 3.25. The third-order valence-corrected chi connectivity index (χ3v) is 6.80. The van der Waals surface area contributed by atoms with Gasteiger partial charge in [0, 0.05) is 5.56 Å². The molecule has 1 amide bonds. The lowest BCUT2D eigenvalue weighted by atomic mass is 9.87. The number of fused-ring (bicyclic) bond motifs is 2. The number of para-hydroxylation sites is 1. The van der Waals surface area contributed by atoms with Gasteiger partial charge in [-0.3, -0.25) is 4.79 Å². The summed E-state index contributed by atoms with van der Waals surface area (Å²) in [5.41, 5.74) is 7.25. The Hall–Kier alpha value is -4.25. The predicted octanol–water partition coefficient (Wildman–Crippen LogP) is 6.20. The van der Waals surface area contributed by atoms with E-state index in [0.717, 1.165) is 47.3 Å². The number of pyridine rings is 1. The summed E-state index contributed by atoms with van der Waals surface area (Å²) in [6.07, 6.45) is 3.06. The number of carbonyl (C=O) groups is 1. The van der Waals surface area contributed by atoms with Crippen LogP contribution in [0.25, 0.3) is 28.0 Å². The van der Waals surface area contributed by atoms with Crippen LogP contribution >= 0.6 is 0 Å². The van der Waals surface area contributed by atoms with E-state index in [4.69, 9.17) is 10.1 Å². The molecule has 0 radical (unpaired) electrons. The maximum absolute atomic E-state index is 13.8. The van der Waals surface area contributed by atoms with Crippen molar-refractivity contribution in [3.63, 3.8) is 0 Å². The SMILES string of the molecule is Cc1nn(-c2ccccc2)c2nc(-c3ccccc3)cc(C(=O)N[C@@H]3CCCc4ccccc43)c12. The summed E-state index contributed by atoms with van der Waals surface area (Å²) >= 11 is 0. The summed E-state index contributed by atoms with van der Waals surface area (Å²) in [7, 11) is 0. The van der Waals surface area contributed by atoms with Crippen molar-refractivity contribution in [1.82, 2.24) is 20.1 Å². The van der Waals surface area contributed by atoms with E-state index in [2.05, 4.69) is 29.6 Å². The van der Waals surface area contributed by atoms with Gasteiger partial charge in [-0.25, -0.2) is 9.67 Å². The van der Waals surface area contributed by atoms with Crippen LogP contribution in [0.3, 0.4) is 0 Å². The molecule has 0 saturated heterocycles. The summed E-state index contributed by atoms with van der Waals surface area (Å²) < 4.78 is 1.84. The highest BCUT2D eigenvalue weighted by Crippen LogP contribution is 2.32. The Morgan fingerprint density at radius 2 is 1.66 bits per heavy atom. The Morgan fingerprint density at radius 3 is 2.46 bits per heavy atom. The van der Waals surface area contributed by atoms with E-state index >= 15 is 0 Å². The molecule has 1 aliphatic rings. The molecule has 6 rings (SSSR count). The number of aromatic nitrogens is 3. The third kappa shape index (κ3) is 3.89. The van der Waals surface area contributed by atoms with E-state index in [0.29, 0.717) is 11.2 Å². The van der Waals surface area contributed by atoms with Gasteiger partial charge in [0.15, 0.2) is 5.65 Å². The van der Waals surface area contributed by atoms with Gasteiger partial charge in [-0.15, -0.1) is 0 Å². The number of nitrogens with one attached hydrogen (secondary N) is 1. The molecule has 1 aliphatic carbocycles. The fraction of sp³-hybridized carbons (Fsp3) is 0.167. The van der Waals surface area contributed by atoms with Crippen molar-refractivity contribution in [2.24, 2.45) is 0 Å². The Bertz CT molecular complexity index is 1520. The van der Waals surface area contributed by atoms with E-state index in [-0.39, 0.29) is 11.9 Å².